The first kappa shape index (κ1) is 17.0. The molecule has 0 radical (unpaired) electrons. The second-order valence-corrected chi connectivity index (χ2v) is 6.73. The van der Waals surface area contributed by atoms with E-state index in [1.165, 1.54) is 18.4 Å². The number of fused-ring (bicyclic) bond motifs is 1. The van der Waals surface area contributed by atoms with Gasteiger partial charge in [0.15, 0.2) is 5.43 Å². The Bertz CT molecular complexity index is 703. The molecule has 1 aromatic heterocycles. The maximum Gasteiger partial charge on any atom is 0.188 e. The third-order valence-corrected chi connectivity index (χ3v) is 4.82. The zero-order valence-corrected chi connectivity index (χ0v) is 14.2. The number of aryl methyl sites for hydroxylation is 2. The average Bonchev–Trinajstić information content (AvgIpc) is 2.60. The molecule has 1 aromatic carbocycles. The summed E-state index contributed by atoms with van der Waals surface area (Å²) < 4.78 is 5.82. The lowest BCUT2D eigenvalue weighted by atomic mass is 9.94. The normalized spacial score (nSPS) is 16.8. The Kier molecular flexibility index (Phi) is 5.86. The summed E-state index contributed by atoms with van der Waals surface area (Å²) in [6, 6.07) is 12.2. The lowest BCUT2D eigenvalue weighted by Gasteiger charge is -2.19. The molecule has 0 spiro atoms. The molecule has 0 bridgehead atoms. The van der Waals surface area contributed by atoms with Crippen LogP contribution in [0.1, 0.15) is 67.3 Å². The van der Waals surface area contributed by atoms with Crippen LogP contribution in [-0.2, 0) is 19.3 Å². The van der Waals surface area contributed by atoms with Crippen LogP contribution < -0.4 is 5.43 Å². The minimum Gasteiger partial charge on any atom is -0.463 e. The van der Waals surface area contributed by atoms with Crippen LogP contribution >= 0.6 is 0 Å². The fraction of sp³-hybridized carbons (Fsp3) is 0.476. The van der Waals surface area contributed by atoms with Crippen molar-refractivity contribution in [1.29, 1.82) is 0 Å². The molecule has 1 aliphatic rings. The van der Waals surface area contributed by atoms with Crippen LogP contribution in [0.15, 0.2) is 45.6 Å². The van der Waals surface area contributed by atoms with E-state index >= 15 is 0 Å². The third kappa shape index (κ3) is 4.35. The van der Waals surface area contributed by atoms with E-state index < -0.39 is 6.10 Å². The molecular formula is C21H26O3. The van der Waals surface area contributed by atoms with E-state index in [0.29, 0.717) is 17.7 Å². The van der Waals surface area contributed by atoms with Crippen LogP contribution in [0.25, 0.3) is 0 Å². The topological polar surface area (TPSA) is 50.4 Å². The molecule has 0 fully saturated rings. The van der Waals surface area contributed by atoms with Gasteiger partial charge in [0.2, 0.25) is 0 Å². The van der Waals surface area contributed by atoms with Crippen molar-refractivity contribution in [2.45, 2.75) is 63.9 Å². The molecule has 1 atom stereocenters. The molecule has 24 heavy (non-hydrogen) atoms. The zero-order valence-electron chi connectivity index (χ0n) is 14.2. The molecule has 1 heterocycles. The quantitative estimate of drug-likeness (QED) is 0.769. The fourth-order valence-electron chi connectivity index (χ4n) is 3.46. The number of hydrogen-bond donors (Lipinski definition) is 1. The summed E-state index contributed by atoms with van der Waals surface area (Å²) in [6.45, 7) is 0. The Balaban J connectivity index is 1.45. The predicted molar refractivity (Wildman–Crippen MR) is 95.2 cm³/mol. The summed E-state index contributed by atoms with van der Waals surface area (Å²) in [5, 5.41) is 10.0. The molecule has 3 heteroatoms. The smallest absolute Gasteiger partial charge is 0.188 e. The molecule has 1 N–H and O–H groups in total. The van der Waals surface area contributed by atoms with E-state index in [2.05, 4.69) is 24.3 Å². The van der Waals surface area contributed by atoms with Crippen molar-refractivity contribution in [2.24, 2.45) is 0 Å². The lowest BCUT2D eigenvalue weighted by molar-refractivity contribution is 0.122. The highest BCUT2D eigenvalue weighted by molar-refractivity contribution is 5.24. The van der Waals surface area contributed by atoms with Gasteiger partial charge in [-0.15, -0.1) is 0 Å². The van der Waals surface area contributed by atoms with Gasteiger partial charge in [0, 0.05) is 18.1 Å². The van der Waals surface area contributed by atoms with E-state index in [-0.39, 0.29) is 5.43 Å². The van der Waals surface area contributed by atoms with Crippen LogP contribution in [0.4, 0.5) is 0 Å². The summed E-state index contributed by atoms with van der Waals surface area (Å²) in [5.74, 6) is 1.25. The van der Waals surface area contributed by atoms with E-state index in [4.69, 9.17) is 4.42 Å². The van der Waals surface area contributed by atoms with Gasteiger partial charge in [-0.2, -0.15) is 0 Å². The maximum atomic E-state index is 12.2. The first-order valence-corrected chi connectivity index (χ1v) is 9.12. The van der Waals surface area contributed by atoms with Gasteiger partial charge in [-0.3, -0.25) is 4.79 Å². The van der Waals surface area contributed by atoms with Crippen molar-refractivity contribution >= 4 is 0 Å². The molecule has 0 aliphatic heterocycles. The molecule has 0 amide bonds. The van der Waals surface area contributed by atoms with Crippen LogP contribution in [-0.4, -0.2) is 5.11 Å². The predicted octanol–water partition coefficient (Wildman–Crippen LogP) is 4.36. The Hall–Kier alpha value is -1.87. The summed E-state index contributed by atoms with van der Waals surface area (Å²) in [6.07, 6.45) is 8.12. The molecule has 0 saturated carbocycles. The van der Waals surface area contributed by atoms with Gasteiger partial charge in [-0.1, -0.05) is 43.2 Å². The van der Waals surface area contributed by atoms with Crippen LogP contribution in [0.5, 0.6) is 0 Å². The van der Waals surface area contributed by atoms with Crippen molar-refractivity contribution < 1.29 is 9.52 Å². The van der Waals surface area contributed by atoms with Crippen molar-refractivity contribution in [3.05, 3.63) is 69.3 Å². The van der Waals surface area contributed by atoms with Gasteiger partial charge in [-0.05, 0) is 44.1 Å². The standard InChI is InChI=1S/C21H26O3/c22-19-14-8-13-18-20(23)15-17(24-21(18)19)12-7-2-1-4-9-16-10-5-3-6-11-16/h3,5-6,10-11,15,19,22H,1-2,4,7-9,12-14H2/t19-/m0/s1. The van der Waals surface area contributed by atoms with Gasteiger partial charge in [-0.25, -0.2) is 0 Å². The Morgan fingerprint density at radius 1 is 1.04 bits per heavy atom. The molecule has 3 rings (SSSR count). The van der Waals surface area contributed by atoms with E-state index in [0.717, 1.165) is 44.3 Å². The maximum absolute atomic E-state index is 12.2. The highest BCUT2D eigenvalue weighted by Gasteiger charge is 2.23. The second kappa shape index (κ2) is 8.29. The number of benzene rings is 1. The van der Waals surface area contributed by atoms with Gasteiger partial charge >= 0.3 is 0 Å². The summed E-state index contributed by atoms with van der Waals surface area (Å²) >= 11 is 0. The molecule has 1 aliphatic carbocycles. The Morgan fingerprint density at radius 2 is 1.79 bits per heavy atom. The summed E-state index contributed by atoms with van der Waals surface area (Å²) in [4.78, 5) is 12.2. The Morgan fingerprint density at radius 3 is 2.58 bits per heavy atom. The summed E-state index contributed by atoms with van der Waals surface area (Å²) in [5.41, 5.74) is 2.11. The molecule has 3 nitrogen and oxygen atoms in total. The lowest BCUT2D eigenvalue weighted by Crippen LogP contribution is -2.19. The SMILES string of the molecule is O=c1cc(CCCCCCc2ccccc2)oc2c1CCC[C@@H]2O. The zero-order chi connectivity index (χ0) is 16.8. The molecule has 0 saturated heterocycles. The monoisotopic (exact) mass is 326 g/mol. The molecular weight excluding hydrogens is 300 g/mol. The van der Waals surface area contributed by atoms with E-state index in [1.54, 1.807) is 6.07 Å². The highest BCUT2D eigenvalue weighted by Crippen LogP contribution is 2.28. The largest absolute Gasteiger partial charge is 0.463 e. The van der Waals surface area contributed by atoms with Crippen LogP contribution in [0.3, 0.4) is 0 Å². The number of aliphatic hydroxyl groups excluding tert-OH is 1. The van der Waals surface area contributed by atoms with Crippen molar-refractivity contribution in [3.63, 3.8) is 0 Å². The van der Waals surface area contributed by atoms with Gasteiger partial charge < -0.3 is 9.52 Å². The van der Waals surface area contributed by atoms with Crippen molar-refractivity contribution in [2.75, 3.05) is 0 Å². The van der Waals surface area contributed by atoms with Crippen LogP contribution in [0, 0.1) is 0 Å². The number of unbranched alkanes of at least 4 members (excludes halogenated alkanes) is 3. The molecule has 128 valence electrons. The first-order chi connectivity index (χ1) is 11.7. The van der Waals surface area contributed by atoms with Gasteiger partial charge in [0.1, 0.15) is 17.6 Å². The third-order valence-electron chi connectivity index (χ3n) is 4.82. The van der Waals surface area contributed by atoms with E-state index in [9.17, 15) is 9.90 Å². The highest BCUT2D eigenvalue weighted by atomic mass is 16.4. The van der Waals surface area contributed by atoms with Crippen molar-refractivity contribution in [3.8, 4) is 0 Å². The minimum atomic E-state index is -0.604. The second-order valence-electron chi connectivity index (χ2n) is 6.73. The van der Waals surface area contributed by atoms with Gasteiger partial charge in [0.05, 0.1) is 0 Å². The molecule has 2 aromatic rings. The first-order valence-electron chi connectivity index (χ1n) is 9.12. The molecule has 0 unspecified atom stereocenters. The minimum absolute atomic E-state index is 0.0362. The summed E-state index contributed by atoms with van der Waals surface area (Å²) in [7, 11) is 0. The van der Waals surface area contributed by atoms with Crippen molar-refractivity contribution in [1.82, 2.24) is 0 Å². The fourth-order valence-corrected chi connectivity index (χ4v) is 3.46. The number of aliphatic hydroxyl groups is 1. The number of rotatable bonds is 7. The Labute approximate surface area is 143 Å². The van der Waals surface area contributed by atoms with Gasteiger partial charge in [0.25, 0.3) is 0 Å². The van der Waals surface area contributed by atoms with Crippen LogP contribution in [0.2, 0.25) is 0 Å². The van der Waals surface area contributed by atoms with E-state index in [1.807, 2.05) is 6.07 Å². The number of hydrogen-bond acceptors (Lipinski definition) is 3. The average molecular weight is 326 g/mol.